The number of benzene rings is 1. The third kappa shape index (κ3) is 3.15. The number of hydrogen-bond donors (Lipinski definition) is 1. The number of nitrogens with zero attached hydrogens (tertiary/aromatic N) is 3. The molecule has 1 aromatic carbocycles. The van der Waals surface area contributed by atoms with Gasteiger partial charge in [0.05, 0.1) is 17.2 Å². The zero-order valence-corrected chi connectivity index (χ0v) is 13.1. The van der Waals surface area contributed by atoms with Gasteiger partial charge in [0.25, 0.3) is 5.91 Å². The predicted molar refractivity (Wildman–Crippen MR) is 88.4 cm³/mol. The minimum Gasteiger partial charge on any atom is -0.479 e. The molecule has 118 valence electrons. The van der Waals surface area contributed by atoms with Gasteiger partial charge in [-0.2, -0.15) is 0 Å². The number of amides is 1. The molecule has 0 unspecified atom stereocenters. The first-order valence-electron chi connectivity index (χ1n) is 7.52. The fraction of sp³-hybridized carbons (Fsp3) is 0.235. The van der Waals surface area contributed by atoms with Gasteiger partial charge in [-0.1, -0.05) is 12.1 Å². The minimum absolute atomic E-state index is 0.251. The summed E-state index contributed by atoms with van der Waals surface area (Å²) in [5.41, 5.74) is 1.84. The number of ether oxygens (including phenoxy) is 1. The van der Waals surface area contributed by atoms with Gasteiger partial charge in [0.15, 0.2) is 6.10 Å². The van der Waals surface area contributed by atoms with Crippen LogP contribution in [0, 0.1) is 0 Å². The van der Waals surface area contributed by atoms with E-state index in [-0.39, 0.29) is 5.91 Å². The number of hydrogen-bond acceptors (Lipinski definition) is 4. The van der Waals surface area contributed by atoms with Gasteiger partial charge in [-0.3, -0.25) is 15.1 Å². The summed E-state index contributed by atoms with van der Waals surface area (Å²) in [5.74, 6) is 0.832. The van der Waals surface area contributed by atoms with Crippen LogP contribution in [0.1, 0.15) is 13.8 Å². The molecule has 6 nitrogen and oxygen atoms in total. The third-order valence-electron chi connectivity index (χ3n) is 3.52. The summed E-state index contributed by atoms with van der Waals surface area (Å²) >= 11 is 0. The van der Waals surface area contributed by atoms with E-state index in [2.05, 4.69) is 15.3 Å². The van der Waals surface area contributed by atoms with Crippen LogP contribution >= 0.6 is 0 Å². The van der Waals surface area contributed by atoms with E-state index < -0.39 is 6.10 Å². The first kappa shape index (κ1) is 15.0. The molecule has 3 aromatic rings. The Hall–Kier alpha value is -2.89. The smallest absolute Gasteiger partial charge is 0.267 e. The standard InChI is InChI=1S/C17H18N4O2/c1-3-21-15-9-5-4-8-14(15)19-17(21)20-16(22)12(2)23-13-7-6-10-18-11-13/h4-12H,3H2,1-2H3,(H,19,20,22)/t12-/m0/s1. The Morgan fingerprint density at radius 3 is 2.87 bits per heavy atom. The number of carbonyl (C=O) groups excluding carboxylic acids is 1. The lowest BCUT2D eigenvalue weighted by molar-refractivity contribution is -0.122. The highest BCUT2D eigenvalue weighted by molar-refractivity contribution is 5.94. The highest BCUT2D eigenvalue weighted by Gasteiger charge is 2.18. The number of aromatic nitrogens is 3. The van der Waals surface area contributed by atoms with Crippen molar-refractivity contribution in [1.82, 2.24) is 14.5 Å². The summed E-state index contributed by atoms with van der Waals surface area (Å²) in [5, 5.41) is 2.84. The van der Waals surface area contributed by atoms with E-state index in [1.54, 1.807) is 31.5 Å². The number of aryl methyl sites for hydroxylation is 1. The van der Waals surface area contributed by atoms with Crippen LogP contribution in [0.15, 0.2) is 48.8 Å². The highest BCUT2D eigenvalue weighted by atomic mass is 16.5. The van der Waals surface area contributed by atoms with E-state index in [1.807, 2.05) is 35.8 Å². The molecule has 0 radical (unpaired) electrons. The van der Waals surface area contributed by atoms with Crippen molar-refractivity contribution in [3.63, 3.8) is 0 Å². The van der Waals surface area contributed by atoms with Crippen molar-refractivity contribution in [2.24, 2.45) is 0 Å². The SMILES string of the molecule is CCn1c(NC(=O)[C@H](C)Oc2cccnc2)nc2ccccc21. The molecular formula is C17H18N4O2. The second-order valence-corrected chi connectivity index (χ2v) is 5.11. The van der Waals surface area contributed by atoms with Crippen LogP contribution in [0.4, 0.5) is 5.95 Å². The van der Waals surface area contributed by atoms with Crippen molar-refractivity contribution >= 4 is 22.9 Å². The monoisotopic (exact) mass is 310 g/mol. The topological polar surface area (TPSA) is 69.0 Å². The number of anilines is 1. The van der Waals surface area contributed by atoms with Gasteiger partial charge in [-0.25, -0.2) is 4.98 Å². The van der Waals surface area contributed by atoms with Gasteiger partial charge in [-0.05, 0) is 38.1 Å². The maximum absolute atomic E-state index is 12.4. The number of pyridine rings is 1. The summed E-state index contributed by atoms with van der Waals surface area (Å²) in [6.07, 6.45) is 2.58. The minimum atomic E-state index is -0.649. The Morgan fingerprint density at radius 2 is 2.13 bits per heavy atom. The van der Waals surface area contributed by atoms with Crippen LogP contribution in [-0.4, -0.2) is 26.5 Å². The number of rotatable bonds is 5. The maximum atomic E-state index is 12.4. The number of nitrogens with one attached hydrogen (secondary N) is 1. The first-order chi connectivity index (χ1) is 11.2. The number of para-hydroxylation sites is 2. The summed E-state index contributed by atoms with van der Waals surface area (Å²) < 4.78 is 7.55. The van der Waals surface area contributed by atoms with E-state index in [9.17, 15) is 4.79 Å². The lowest BCUT2D eigenvalue weighted by Gasteiger charge is -2.14. The maximum Gasteiger partial charge on any atom is 0.267 e. The summed E-state index contributed by atoms with van der Waals surface area (Å²) in [6, 6.07) is 11.3. The molecular weight excluding hydrogens is 292 g/mol. The summed E-state index contributed by atoms with van der Waals surface area (Å²) in [7, 11) is 0. The van der Waals surface area contributed by atoms with E-state index in [4.69, 9.17) is 4.74 Å². The quantitative estimate of drug-likeness (QED) is 0.787. The molecule has 0 saturated carbocycles. The first-order valence-corrected chi connectivity index (χ1v) is 7.52. The zero-order chi connectivity index (χ0) is 16.2. The van der Waals surface area contributed by atoms with Crippen LogP contribution < -0.4 is 10.1 Å². The number of carbonyl (C=O) groups is 1. The molecule has 0 aliphatic rings. The molecule has 3 rings (SSSR count). The van der Waals surface area contributed by atoms with Gasteiger partial charge in [0.2, 0.25) is 5.95 Å². The molecule has 0 bridgehead atoms. The Labute approximate surface area is 134 Å². The third-order valence-corrected chi connectivity index (χ3v) is 3.52. The van der Waals surface area contributed by atoms with Crippen LogP contribution in [-0.2, 0) is 11.3 Å². The van der Waals surface area contributed by atoms with Crippen molar-refractivity contribution in [2.45, 2.75) is 26.5 Å². The lowest BCUT2D eigenvalue weighted by atomic mass is 10.3. The average Bonchev–Trinajstić information content (AvgIpc) is 2.92. The van der Waals surface area contributed by atoms with Crippen LogP contribution in [0.3, 0.4) is 0 Å². The van der Waals surface area contributed by atoms with E-state index in [1.165, 1.54) is 0 Å². The van der Waals surface area contributed by atoms with Crippen molar-refractivity contribution in [2.75, 3.05) is 5.32 Å². The van der Waals surface area contributed by atoms with Crippen LogP contribution in [0.2, 0.25) is 0 Å². The fourth-order valence-corrected chi connectivity index (χ4v) is 2.38. The van der Waals surface area contributed by atoms with Crippen LogP contribution in [0.5, 0.6) is 5.75 Å². The van der Waals surface area contributed by atoms with Gasteiger partial charge in [-0.15, -0.1) is 0 Å². The predicted octanol–water partition coefficient (Wildman–Crippen LogP) is 2.86. The molecule has 6 heteroatoms. The molecule has 0 saturated heterocycles. The number of imidazole rings is 1. The second kappa shape index (κ2) is 6.48. The molecule has 0 fully saturated rings. The average molecular weight is 310 g/mol. The Balaban J connectivity index is 1.77. The summed E-state index contributed by atoms with van der Waals surface area (Å²) in [4.78, 5) is 20.8. The summed E-state index contributed by atoms with van der Waals surface area (Å²) in [6.45, 7) is 4.43. The van der Waals surface area contributed by atoms with Crippen molar-refractivity contribution in [1.29, 1.82) is 0 Å². The molecule has 0 spiro atoms. The Bertz CT molecular complexity index is 814. The molecule has 1 atom stereocenters. The molecule has 1 N–H and O–H groups in total. The Kier molecular flexibility index (Phi) is 4.23. The van der Waals surface area contributed by atoms with E-state index in [0.29, 0.717) is 18.2 Å². The van der Waals surface area contributed by atoms with Crippen molar-refractivity contribution in [3.05, 3.63) is 48.8 Å². The van der Waals surface area contributed by atoms with E-state index in [0.717, 1.165) is 11.0 Å². The molecule has 2 aromatic heterocycles. The molecule has 23 heavy (non-hydrogen) atoms. The van der Waals surface area contributed by atoms with Crippen LogP contribution in [0.25, 0.3) is 11.0 Å². The highest BCUT2D eigenvalue weighted by Crippen LogP contribution is 2.19. The van der Waals surface area contributed by atoms with Gasteiger partial charge >= 0.3 is 0 Å². The normalized spacial score (nSPS) is 12.1. The zero-order valence-electron chi connectivity index (χ0n) is 13.1. The van der Waals surface area contributed by atoms with Gasteiger partial charge in [0.1, 0.15) is 5.75 Å². The van der Waals surface area contributed by atoms with Gasteiger partial charge < -0.3 is 9.30 Å². The van der Waals surface area contributed by atoms with Crippen molar-refractivity contribution in [3.8, 4) is 5.75 Å². The molecule has 1 amide bonds. The molecule has 0 aliphatic carbocycles. The fourth-order valence-electron chi connectivity index (χ4n) is 2.38. The number of fused-ring (bicyclic) bond motifs is 1. The van der Waals surface area contributed by atoms with Crippen molar-refractivity contribution < 1.29 is 9.53 Å². The Morgan fingerprint density at radius 1 is 1.30 bits per heavy atom. The largest absolute Gasteiger partial charge is 0.479 e. The molecule has 2 heterocycles. The van der Waals surface area contributed by atoms with E-state index >= 15 is 0 Å². The lowest BCUT2D eigenvalue weighted by Crippen LogP contribution is -2.31. The second-order valence-electron chi connectivity index (χ2n) is 5.11. The van der Waals surface area contributed by atoms with Gasteiger partial charge in [0, 0.05) is 12.7 Å². The molecule has 0 aliphatic heterocycles.